The molecule has 0 saturated carbocycles. The molecule has 1 N–H and O–H groups in total. The second-order valence-electron chi connectivity index (χ2n) is 5.14. The van der Waals surface area contributed by atoms with Crippen molar-refractivity contribution in [2.75, 3.05) is 31.1 Å². The van der Waals surface area contributed by atoms with Gasteiger partial charge in [-0.3, -0.25) is 0 Å². The molecule has 1 aliphatic rings. The molecule has 2 aromatic heterocycles. The normalized spacial score (nSPS) is 14.8. The van der Waals surface area contributed by atoms with Crippen LogP contribution in [0.1, 0.15) is 0 Å². The third kappa shape index (κ3) is 2.92. The van der Waals surface area contributed by atoms with Crippen molar-refractivity contribution in [2.24, 2.45) is 0 Å². The van der Waals surface area contributed by atoms with E-state index in [1.54, 1.807) is 11.3 Å². The minimum absolute atomic E-state index is 0. The fourth-order valence-corrected chi connectivity index (χ4v) is 3.47. The number of nitrogens with one attached hydrogen (secondary N) is 1. The van der Waals surface area contributed by atoms with Crippen molar-refractivity contribution < 1.29 is 0 Å². The number of hydrogen-bond donors (Lipinski definition) is 1. The van der Waals surface area contributed by atoms with Crippen LogP contribution in [0.2, 0.25) is 0 Å². The van der Waals surface area contributed by atoms with Crippen molar-refractivity contribution in [3.63, 3.8) is 0 Å². The molecule has 0 bridgehead atoms. The molecule has 3 heterocycles. The van der Waals surface area contributed by atoms with Crippen LogP contribution in [-0.4, -0.2) is 36.1 Å². The summed E-state index contributed by atoms with van der Waals surface area (Å²) in [5, 5.41) is 7.74. The van der Waals surface area contributed by atoms with Gasteiger partial charge in [-0.15, -0.1) is 23.7 Å². The molecule has 6 heteroatoms. The van der Waals surface area contributed by atoms with Gasteiger partial charge in [0.1, 0.15) is 5.69 Å². The molecule has 1 fully saturated rings. The molecule has 0 unspecified atom stereocenters. The van der Waals surface area contributed by atoms with Crippen LogP contribution in [0.5, 0.6) is 0 Å². The van der Waals surface area contributed by atoms with Crippen LogP contribution in [0.15, 0.2) is 41.8 Å². The molecule has 114 valence electrons. The molecule has 0 atom stereocenters. The molecule has 3 aromatic rings. The second kappa shape index (κ2) is 6.60. The minimum Gasteiger partial charge on any atom is -0.346 e. The number of benzene rings is 1. The van der Waals surface area contributed by atoms with Crippen LogP contribution in [0.25, 0.3) is 22.3 Å². The van der Waals surface area contributed by atoms with E-state index in [0.29, 0.717) is 0 Å². The van der Waals surface area contributed by atoms with E-state index < -0.39 is 0 Å². The van der Waals surface area contributed by atoms with Gasteiger partial charge >= 0.3 is 0 Å². The van der Waals surface area contributed by atoms with E-state index in [9.17, 15) is 0 Å². The zero-order valence-electron chi connectivity index (χ0n) is 12.0. The van der Waals surface area contributed by atoms with E-state index in [4.69, 9.17) is 9.97 Å². The Morgan fingerprint density at radius 3 is 2.64 bits per heavy atom. The van der Waals surface area contributed by atoms with Crippen LogP contribution in [0.3, 0.4) is 0 Å². The molecule has 4 nitrogen and oxygen atoms in total. The maximum atomic E-state index is 4.77. The molecule has 0 amide bonds. The molecule has 0 aliphatic carbocycles. The molecular formula is C16H17ClN4S. The third-order valence-electron chi connectivity index (χ3n) is 3.74. The number of fused-ring (bicyclic) bond motifs is 1. The van der Waals surface area contributed by atoms with Crippen LogP contribution in [0.4, 0.5) is 5.13 Å². The van der Waals surface area contributed by atoms with Gasteiger partial charge in [-0.2, -0.15) is 0 Å². The third-order valence-corrected chi connectivity index (χ3v) is 4.64. The SMILES string of the molecule is Cl.c1ccc2nc(-c3csc(N4CCNCC4)n3)ccc2c1. The van der Waals surface area contributed by atoms with Gasteiger partial charge in [-0.25, -0.2) is 9.97 Å². The van der Waals surface area contributed by atoms with E-state index in [1.165, 1.54) is 5.39 Å². The van der Waals surface area contributed by atoms with Crippen LogP contribution >= 0.6 is 23.7 Å². The van der Waals surface area contributed by atoms with E-state index >= 15 is 0 Å². The quantitative estimate of drug-likeness (QED) is 0.782. The maximum absolute atomic E-state index is 4.77. The van der Waals surface area contributed by atoms with Gasteiger partial charge in [-0.05, 0) is 12.1 Å². The molecule has 0 spiro atoms. The Labute approximate surface area is 139 Å². The lowest BCUT2D eigenvalue weighted by molar-refractivity contribution is 0.588. The monoisotopic (exact) mass is 332 g/mol. The van der Waals surface area contributed by atoms with Gasteiger partial charge < -0.3 is 10.2 Å². The van der Waals surface area contributed by atoms with Gasteiger partial charge in [-0.1, -0.05) is 24.3 Å². The number of para-hydroxylation sites is 1. The highest BCUT2D eigenvalue weighted by atomic mass is 35.5. The van der Waals surface area contributed by atoms with Gasteiger partial charge in [0.05, 0.1) is 11.2 Å². The summed E-state index contributed by atoms with van der Waals surface area (Å²) >= 11 is 1.70. The molecule has 4 rings (SSSR count). The van der Waals surface area contributed by atoms with Crippen LogP contribution < -0.4 is 10.2 Å². The predicted octanol–water partition coefficient (Wildman–Crippen LogP) is 3.19. The standard InChI is InChI=1S/C16H16N4S.ClH/c1-2-4-13-12(3-1)5-6-14(18-13)15-11-21-16(19-15)20-9-7-17-8-10-20;/h1-6,11,17H,7-10H2;1H. The Morgan fingerprint density at radius 1 is 0.955 bits per heavy atom. The average molecular weight is 333 g/mol. The molecular weight excluding hydrogens is 316 g/mol. The Morgan fingerprint density at radius 2 is 1.77 bits per heavy atom. The summed E-state index contributed by atoms with van der Waals surface area (Å²) in [4.78, 5) is 11.8. The Kier molecular flexibility index (Phi) is 4.57. The second-order valence-corrected chi connectivity index (χ2v) is 5.98. The number of halogens is 1. The first-order valence-electron chi connectivity index (χ1n) is 7.17. The summed E-state index contributed by atoms with van der Waals surface area (Å²) in [5.74, 6) is 0. The van der Waals surface area contributed by atoms with Crippen molar-refractivity contribution in [3.8, 4) is 11.4 Å². The van der Waals surface area contributed by atoms with Gasteiger partial charge in [0, 0.05) is 36.9 Å². The largest absolute Gasteiger partial charge is 0.346 e. The van der Waals surface area contributed by atoms with E-state index in [2.05, 4.69) is 33.8 Å². The summed E-state index contributed by atoms with van der Waals surface area (Å²) in [6, 6.07) is 12.4. The van der Waals surface area contributed by atoms with Gasteiger partial charge in [0.15, 0.2) is 5.13 Å². The van der Waals surface area contributed by atoms with Crippen molar-refractivity contribution in [1.29, 1.82) is 0 Å². The molecule has 22 heavy (non-hydrogen) atoms. The number of aromatic nitrogens is 2. The van der Waals surface area contributed by atoms with E-state index in [1.807, 2.05) is 18.2 Å². The smallest absolute Gasteiger partial charge is 0.186 e. The number of hydrogen-bond acceptors (Lipinski definition) is 5. The highest BCUT2D eigenvalue weighted by molar-refractivity contribution is 7.14. The highest BCUT2D eigenvalue weighted by Gasteiger charge is 2.15. The first-order chi connectivity index (χ1) is 10.4. The number of pyridine rings is 1. The Balaban J connectivity index is 0.00000144. The fraction of sp³-hybridized carbons (Fsp3) is 0.250. The lowest BCUT2D eigenvalue weighted by Gasteiger charge is -2.26. The Bertz CT molecular complexity index is 767. The zero-order valence-corrected chi connectivity index (χ0v) is 13.7. The first kappa shape index (κ1) is 15.2. The first-order valence-corrected chi connectivity index (χ1v) is 8.05. The average Bonchev–Trinajstić information content (AvgIpc) is 3.05. The lowest BCUT2D eigenvalue weighted by atomic mass is 10.2. The number of nitrogens with zero attached hydrogens (tertiary/aromatic N) is 3. The number of anilines is 1. The van der Waals surface area contributed by atoms with E-state index in [0.717, 1.165) is 48.2 Å². The summed E-state index contributed by atoms with van der Waals surface area (Å²) < 4.78 is 0. The summed E-state index contributed by atoms with van der Waals surface area (Å²) in [6.07, 6.45) is 0. The van der Waals surface area contributed by atoms with Crippen molar-refractivity contribution >= 4 is 39.8 Å². The molecule has 0 radical (unpaired) electrons. The van der Waals surface area contributed by atoms with Gasteiger partial charge in [0.25, 0.3) is 0 Å². The molecule has 1 aliphatic heterocycles. The maximum Gasteiger partial charge on any atom is 0.186 e. The van der Waals surface area contributed by atoms with E-state index in [-0.39, 0.29) is 12.4 Å². The zero-order chi connectivity index (χ0) is 14.1. The number of piperazine rings is 1. The molecule has 1 saturated heterocycles. The number of thiazole rings is 1. The van der Waals surface area contributed by atoms with Crippen LogP contribution in [0, 0.1) is 0 Å². The summed E-state index contributed by atoms with van der Waals surface area (Å²) in [6.45, 7) is 4.11. The highest BCUT2D eigenvalue weighted by Crippen LogP contribution is 2.27. The lowest BCUT2D eigenvalue weighted by Crippen LogP contribution is -2.43. The number of rotatable bonds is 2. The van der Waals surface area contributed by atoms with Crippen molar-refractivity contribution in [3.05, 3.63) is 41.8 Å². The Hall–Kier alpha value is -1.69. The fourth-order valence-electron chi connectivity index (χ4n) is 2.59. The molecule has 1 aromatic carbocycles. The van der Waals surface area contributed by atoms with Crippen molar-refractivity contribution in [2.45, 2.75) is 0 Å². The van der Waals surface area contributed by atoms with Crippen LogP contribution in [-0.2, 0) is 0 Å². The van der Waals surface area contributed by atoms with Crippen molar-refractivity contribution in [1.82, 2.24) is 15.3 Å². The summed E-state index contributed by atoms with van der Waals surface area (Å²) in [7, 11) is 0. The summed E-state index contributed by atoms with van der Waals surface area (Å²) in [5.41, 5.74) is 2.94. The minimum atomic E-state index is 0. The predicted molar refractivity (Wildman–Crippen MR) is 95.2 cm³/mol. The van der Waals surface area contributed by atoms with Gasteiger partial charge in [0.2, 0.25) is 0 Å². The topological polar surface area (TPSA) is 41.1 Å².